The summed E-state index contributed by atoms with van der Waals surface area (Å²) in [5, 5.41) is 31.8. The van der Waals surface area contributed by atoms with Crippen molar-refractivity contribution >= 4 is 29.5 Å². The number of aliphatic hydroxyl groups is 1. The number of rotatable bonds is 10. The molecule has 3 rings (SSSR count). The number of hydrogen-bond acceptors (Lipinski definition) is 9. The van der Waals surface area contributed by atoms with Gasteiger partial charge in [-0.15, -0.1) is 0 Å². The van der Waals surface area contributed by atoms with E-state index < -0.39 is 16.6 Å². The van der Waals surface area contributed by atoms with Gasteiger partial charge >= 0.3 is 6.09 Å². The first-order valence-electron chi connectivity index (χ1n) is 13.0. The molecule has 1 fully saturated rings. The number of piperidine rings is 1. The Morgan fingerprint density at radius 1 is 1.27 bits per heavy atom. The van der Waals surface area contributed by atoms with E-state index >= 15 is 0 Å². The van der Waals surface area contributed by atoms with Crippen LogP contribution in [0.25, 0.3) is 6.08 Å². The summed E-state index contributed by atoms with van der Waals surface area (Å²) in [7, 11) is 1.48. The molecule has 1 heterocycles. The van der Waals surface area contributed by atoms with Gasteiger partial charge in [0.05, 0.1) is 33.2 Å². The van der Waals surface area contributed by atoms with Gasteiger partial charge in [0.2, 0.25) is 0 Å². The molecule has 1 N–H and O–H groups in total. The van der Waals surface area contributed by atoms with Crippen molar-refractivity contribution in [3.63, 3.8) is 0 Å². The number of carbonyl (C=O) groups is 1. The molecular weight excluding hydrogens is 554 g/mol. The highest BCUT2D eigenvalue weighted by Crippen LogP contribution is 2.37. The van der Waals surface area contributed by atoms with Crippen LogP contribution >= 0.6 is 11.6 Å². The number of aliphatic hydroxyl groups excluding tert-OH is 1. The third-order valence-corrected chi connectivity index (χ3v) is 6.56. The summed E-state index contributed by atoms with van der Waals surface area (Å²) in [5.74, 6) is 0.697. The van der Waals surface area contributed by atoms with E-state index in [1.54, 1.807) is 29.2 Å². The second-order valence-electron chi connectivity index (χ2n) is 10.5. The number of nitro benzene ring substituents is 1. The lowest BCUT2D eigenvalue weighted by Crippen LogP contribution is -2.44. The van der Waals surface area contributed by atoms with Crippen LogP contribution in [0.5, 0.6) is 11.5 Å². The molecule has 1 saturated heterocycles. The Morgan fingerprint density at radius 3 is 2.56 bits per heavy atom. The van der Waals surface area contributed by atoms with Gasteiger partial charge < -0.3 is 29.0 Å². The Bertz CT molecular complexity index is 1310. The number of nitro groups is 1. The van der Waals surface area contributed by atoms with Crippen molar-refractivity contribution in [2.45, 2.75) is 57.8 Å². The Balaban J connectivity index is 1.74. The van der Waals surface area contributed by atoms with Gasteiger partial charge in [-0.2, -0.15) is 5.26 Å². The number of ether oxygens (including phenoxy) is 4. The van der Waals surface area contributed by atoms with E-state index in [4.69, 9.17) is 30.5 Å². The largest absolute Gasteiger partial charge is 0.489 e. The number of halogens is 1. The van der Waals surface area contributed by atoms with Crippen molar-refractivity contribution in [1.29, 1.82) is 5.26 Å². The van der Waals surface area contributed by atoms with Crippen LogP contribution in [0.15, 0.2) is 36.4 Å². The molecule has 0 radical (unpaired) electrons. The highest BCUT2D eigenvalue weighted by molar-refractivity contribution is 6.33. The van der Waals surface area contributed by atoms with Crippen molar-refractivity contribution in [2.24, 2.45) is 0 Å². The Hall–Kier alpha value is -3.85. The van der Waals surface area contributed by atoms with Gasteiger partial charge in [0.15, 0.2) is 6.79 Å². The molecule has 0 spiro atoms. The number of methoxy groups -OCH3 is 1. The van der Waals surface area contributed by atoms with Crippen molar-refractivity contribution in [3.8, 4) is 17.6 Å². The molecule has 0 aliphatic carbocycles. The Morgan fingerprint density at radius 2 is 1.95 bits per heavy atom. The monoisotopic (exact) mass is 587 g/mol. The molecule has 2 aromatic carbocycles. The zero-order chi connectivity index (χ0) is 30.2. The summed E-state index contributed by atoms with van der Waals surface area (Å²) in [4.78, 5) is 25.2. The van der Waals surface area contributed by atoms with Crippen LogP contribution in [0.4, 0.5) is 10.5 Å². The summed E-state index contributed by atoms with van der Waals surface area (Å²) < 4.78 is 22.0. The van der Waals surface area contributed by atoms with Crippen molar-refractivity contribution in [1.82, 2.24) is 4.90 Å². The second kappa shape index (κ2) is 14.2. The number of likely N-dealkylation sites (tertiary alicyclic amines) is 1. The first-order chi connectivity index (χ1) is 19.4. The number of carbonyl (C=O) groups excluding carboxylic acids is 1. The van der Waals surface area contributed by atoms with E-state index in [1.165, 1.54) is 25.3 Å². The Kier molecular flexibility index (Phi) is 10.9. The molecule has 0 aromatic heterocycles. The second-order valence-corrected chi connectivity index (χ2v) is 10.8. The zero-order valence-electron chi connectivity index (χ0n) is 23.5. The van der Waals surface area contributed by atoms with Gasteiger partial charge in [-0.05, 0) is 45.0 Å². The fourth-order valence-corrected chi connectivity index (χ4v) is 4.48. The lowest BCUT2D eigenvalue weighted by Gasteiger charge is -2.33. The van der Waals surface area contributed by atoms with Crippen LogP contribution in [-0.4, -0.2) is 65.8 Å². The van der Waals surface area contributed by atoms with Crippen LogP contribution in [0.3, 0.4) is 0 Å². The van der Waals surface area contributed by atoms with Crippen LogP contribution in [0, 0.1) is 21.4 Å². The summed E-state index contributed by atoms with van der Waals surface area (Å²) in [5.41, 5.74) is 0.206. The molecule has 220 valence electrons. The topological polar surface area (TPSA) is 144 Å². The van der Waals surface area contributed by atoms with E-state index in [0.29, 0.717) is 42.8 Å². The molecule has 1 aliphatic rings. The van der Waals surface area contributed by atoms with Gasteiger partial charge in [0.25, 0.3) is 5.69 Å². The van der Waals surface area contributed by atoms with Gasteiger partial charge in [0, 0.05) is 51.1 Å². The minimum absolute atomic E-state index is 0.0100. The lowest BCUT2D eigenvalue weighted by molar-refractivity contribution is -0.385. The lowest BCUT2D eigenvalue weighted by atomic mass is 10.0. The summed E-state index contributed by atoms with van der Waals surface area (Å²) in [6.07, 6.45) is 2.11. The predicted octanol–water partition coefficient (Wildman–Crippen LogP) is 5.50. The SMILES string of the molecule is COCOc1ccc(C#N)cc1/C=C/C(O)Cc1c([N+](=O)[O-])ccc(OC2CCN(C(=O)OC(C)(C)C)CC2)c1Cl. The molecule has 2 aromatic rings. The number of nitrogens with zero attached hydrogens (tertiary/aromatic N) is 3. The predicted molar refractivity (Wildman–Crippen MR) is 152 cm³/mol. The van der Waals surface area contributed by atoms with Gasteiger partial charge in [-0.1, -0.05) is 23.8 Å². The third kappa shape index (κ3) is 9.08. The van der Waals surface area contributed by atoms with E-state index in [-0.39, 0.29) is 47.4 Å². The molecular formula is C29H34ClN3O8. The number of amides is 1. The maximum Gasteiger partial charge on any atom is 0.410 e. The summed E-state index contributed by atoms with van der Waals surface area (Å²) in [6, 6.07) is 9.59. The van der Waals surface area contributed by atoms with Crippen LogP contribution < -0.4 is 9.47 Å². The van der Waals surface area contributed by atoms with E-state index in [9.17, 15) is 25.3 Å². The first-order valence-corrected chi connectivity index (χ1v) is 13.4. The molecule has 1 amide bonds. The molecule has 1 unspecified atom stereocenters. The van der Waals surface area contributed by atoms with Crippen molar-refractivity contribution < 1.29 is 33.8 Å². The zero-order valence-corrected chi connectivity index (χ0v) is 24.2. The normalized spacial score (nSPS) is 14.9. The first kappa shape index (κ1) is 31.7. The summed E-state index contributed by atoms with van der Waals surface area (Å²) >= 11 is 6.59. The molecule has 1 aliphatic heterocycles. The summed E-state index contributed by atoms with van der Waals surface area (Å²) in [6.45, 7) is 6.28. The number of nitriles is 1. The van der Waals surface area contributed by atoms with E-state index in [0.717, 1.165) is 0 Å². The van der Waals surface area contributed by atoms with Gasteiger partial charge in [-0.3, -0.25) is 10.1 Å². The third-order valence-electron chi connectivity index (χ3n) is 6.15. The quantitative estimate of drug-likeness (QED) is 0.216. The molecule has 41 heavy (non-hydrogen) atoms. The number of benzene rings is 2. The van der Waals surface area contributed by atoms with Crippen LogP contribution in [0.1, 0.15) is 50.3 Å². The number of hydrogen-bond donors (Lipinski definition) is 1. The van der Waals surface area contributed by atoms with E-state index in [1.807, 2.05) is 26.8 Å². The molecule has 1 atom stereocenters. The standard InChI is InChI=1S/C29H34ClN3O8/c1-29(2,3)41-28(35)32-13-11-22(12-14-32)40-26-10-8-24(33(36)37)23(27(26)30)16-21(34)7-6-20-15-19(17-31)5-9-25(20)39-18-38-4/h5-10,15,21-22,34H,11-14,16,18H2,1-4H3/b7-6+. The minimum Gasteiger partial charge on any atom is -0.489 e. The van der Waals surface area contributed by atoms with Gasteiger partial charge in [-0.25, -0.2) is 4.79 Å². The average Bonchev–Trinajstić information content (AvgIpc) is 2.92. The van der Waals surface area contributed by atoms with E-state index in [2.05, 4.69) is 0 Å². The maximum atomic E-state index is 12.3. The van der Waals surface area contributed by atoms with Crippen molar-refractivity contribution in [2.75, 3.05) is 27.0 Å². The highest BCUT2D eigenvalue weighted by Gasteiger charge is 2.29. The smallest absolute Gasteiger partial charge is 0.410 e. The fourth-order valence-electron chi connectivity index (χ4n) is 4.20. The minimum atomic E-state index is -1.15. The fraction of sp³-hybridized carbons (Fsp3) is 0.448. The van der Waals surface area contributed by atoms with Crippen LogP contribution in [0.2, 0.25) is 5.02 Å². The maximum absolute atomic E-state index is 12.3. The molecule has 0 saturated carbocycles. The van der Waals surface area contributed by atoms with Crippen LogP contribution in [-0.2, 0) is 15.9 Å². The highest BCUT2D eigenvalue weighted by atomic mass is 35.5. The van der Waals surface area contributed by atoms with Gasteiger partial charge in [0.1, 0.15) is 23.2 Å². The molecule has 12 heteroatoms. The Labute approximate surface area is 244 Å². The molecule has 0 bridgehead atoms. The molecule has 11 nitrogen and oxygen atoms in total. The average molecular weight is 588 g/mol. The van der Waals surface area contributed by atoms with Crippen molar-refractivity contribution in [3.05, 3.63) is 68.2 Å².